The molecule has 1 heterocycles. The molecule has 0 radical (unpaired) electrons. The van der Waals surface area contributed by atoms with Crippen molar-refractivity contribution in [2.45, 2.75) is 0 Å². The van der Waals surface area contributed by atoms with Crippen LogP contribution in [0.4, 0.5) is 27.1 Å². The molecule has 0 fully saturated rings. The molecule has 0 atom stereocenters. The molecule has 3 aromatic carbocycles. The Labute approximate surface area is 191 Å². The first kappa shape index (κ1) is 22.0. The van der Waals surface area contributed by atoms with E-state index in [4.69, 9.17) is 16.3 Å². The molecular weight excluding hydrogens is 451 g/mol. The van der Waals surface area contributed by atoms with E-state index in [1.165, 1.54) is 31.4 Å². The van der Waals surface area contributed by atoms with Gasteiger partial charge in [0.2, 0.25) is 0 Å². The van der Waals surface area contributed by atoms with Crippen LogP contribution in [0.25, 0.3) is 0 Å². The number of benzene rings is 2. The molecule has 4 aromatic rings. The number of amides is 1. The van der Waals surface area contributed by atoms with Gasteiger partial charge >= 0.3 is 0 Å². The lowest BCUT2D eigenvalue weighted by molar-refractivity contribution is 0.0958. The first-order valence-corrected chi connectivity index (χ1v) is 10.0. The average molecular weight is 467 g/mol. The van der Waals surface area contributed by atoms with Gasteiger partial charge in [0.05, 0.1) is 5.69 Å². The number of ether oxygens (including phenoxy) is 1. The van der Waals surface area contributed by atoms with Gasteiger partial charge < -0.3 is 20.7 Å². The Balaban J connectivity index is 1.49. The van der Waals surface area contributed by atoms with E-state index >= 15 is 0 Å². The second-order valence-corrected chi connectivity index (χ2v) is 7.30. The van der Waals surface area contributed by atoms with E-state index in [2.05, 4.69) is 20.9 Å². The van der Waals surface area contributed by atoms with E-state index in [9.17, 15) is 18.8 Å². The number of anilines is 4. The van der Waals surface area contributed by atoms with Crippen LogP contribution in [0.5, 0.6) is 11.5 Å². The molecule has 8 nitrogen and oxygen atoms in total. The Morgan fingerprint density at radius 2 is 1.64 bits per heavy atom. The SMILES string of the molecule is CNC(=O)c1cc(Oc2ccc(Nc3c(Nc4cc(Cl)ccc4F)c(=O)c3=O)cc2)ccn1. The van der Waals surface area contributed by atoms with Crippen LogP contribution >= 0.6 is 11.6 Å². The lowest BCUT2D eigenvalue weighted by atomic mass is 10.1. The minimum absolute atomic E-state index is 0.0115. The monoisotopic (exact) mass is 466 g/mol. The minimum Gasteiger partial charge on any atom is -0.457 e. The van der Waals surface area contributed by atoms with Crippen molar-refractivity contribution in [2.75, 3.05) is 17.7 Å². The minimum atomic E-state index is -0.763. The predicted octanol–water partition coefficient (Wildman–Crippen LogP) is 4.11. The quantitative estimate of drug-likeness (QED) is 0.352. The number of carbonyl (C=O) groups excluding carboxylic acids is 1. The number of pyridine rings is 1. The van der Waals surface area contributed by atoms with Gasteiger partial charge in [-0.15, -0.1) is 0 Å². The summed E-state index contributed by atoms with van der Waals surface area (Å²) in [7, 11) is 1.51. The second-order valence-electron chi connectivity index (χ2n) is 6.86. The summed E-state index contributed by atoms with van der Waals surface area (Å²) in [5.74, 6) is -0.0635. The van der Waals surface area contributed by atoms with E-state index < -0.39 is 16.7 Å². The summed E-state index contributed by atoms with van der Waals surface area (Å²) >= 11 is 5.87. The molecule has 0 spiro atoms. The summed E-state index contributed by atoms with van der Waals surface area (Å²) in [4.78, 5) is 39.7. The summed E-state index contributed by atoms with van der Waals surface area (Å²) in [5.41, 5.74) is -0.832. The number of hydrogen-bond donors (Lipinski definition) is 3. The van der Waals surface area contributed by atoms with Gasteiger partial charge in [0.15, 0.2) is 0 Å². The number of nitrogens with zero attached hydrogens (tertiary/aromatic N) is 1. The number of carbonyl (C=O) groups is 1. The van der Waals surface area contributed by atoms with Crippen LogP contribution < -0.4 is 31.5 Å². The van der Waals surface area contributed by atoms with Gasteiger partial charge in [-0.1, -0.05) is 11.6 Å². The van der Waals surface area contributed by atoms with E-state index in [0.29, 0.717) is 17.2 Å². The second kappa shape index (κ2) is 9.09. The standard InChI is InChI=1S/C23H16ClFN4O4/c1-26-23(32)18-11-15(8-9-27-18)33-14-5-3-13(4-6-14)28-19-20(22(31)21(19)30)29-17-10-12(24)2-7-16(17)25/h2-11,28-29H,1H3,(H,26,32). The van der Waals surface area contributed by atoms with Crippen LogP contribution in [-0.4, -0.2) is 17.9 Å². The number of aromatic nitrogens is 1. The van der Waals surface area contributed by atoms with Gasteiger partial charge in [0.25, 0.3) is 16.8 Å². The first-order chi connectivity index (χ1) is 15.9. The lowest BCUT2D eigenvalue weighted by Gasteiger charge is -2.16. The van der Waals surface area contributed by atoms with E-state index in [0.717, 1.165) is 6.07 Å². The van der Waals surface area contributed by atoms with Crippen LogP contribution in [0.3, 0.4) is 0 Å². The van der Waals surface area contributed by atoms with E-state index in [-0.39, 0.29) is 33.7 Å². The molecule has 1 amide bonds. The zero-order valence-corrected chi connectivity index (χ0v) is 17.9. The molecule has 1 aromatic heterocycles. The van der Waals surface area contributed by atoms with Crippen LogP contribution in [0.1, 0.15) is 10.5 Å². The summed E-state index contributed by atoms with van der Waals surface area (Å²) in [6, 6.07) is 13.5. The zero-order chi connectivity index (χ0) is 23.5. The number of nitrogens with one attached hydrogen (secondary N) is 3. The Hall–Kier alpha value is -4.24. The van der Waals surface area contributed by atoms with Crippen LogP contribution in [0.2, 0.25) is 5.02 Å². The Morgan fingerprint density at radius 1 is 0.939 bits per heavy atom. The first-order valence-electron chi connectivity index (χ1n) is 9.64. The Morgan fingerprint density at radius 3 is 2.33 bits per heavy atom. The maximum atomic E-state index is 14.0. The fourth-order valence-electron chi connectivity index (χ4n) is 2.97. The molecule has 0 saturated heterocycles. The van der Waals surface area contributed by atoms with Crippen molar-refractivity contribution in [3.63, 3.8) is 0 Å². The molecule has 0 aliphatic carbocycles. The number of halogens is 2. The predicted molar refractivity (Wildman–Crippen MR) is 123 cm³/mol. The third-order valence-corrected chi connectivity index (χ3v) is 4.88. The molecule has 33 heavy (non-hydrogen) atoms. The molecule has 3 N–H and O–H groups in total. The van der Waals surface area contributed by atoms with Crippen molar-refractivity contribution in [3.05, 3.63) is 97.8 Å². The van der Waals surface area contributed by atoms with E-state index in [1.54, 1.807) is 30.3 Å². The number of rotatable bonds is 7. The largest absolute Gasteiger partial charge is 0.457 e. The van der Waals surface area contributed by atoms with Gasteiger partial charge in [-0.05, 0) is 48.5 Å². The maximum absolute atomic E-state index is 14.0. The van der Waals surface area contributed by atoms with Crippen molar-refractivity contribution < 1.29 is 13.9 Å². The molecular formula is C23H16ClFN4O4. The van der Waals surface area contributed by atoms with Gasteiger partial charge in [-0.25, -0.2) is 4.39 Å². The summed E-state index contributed by atoms with van der Waals surface area (Å²) in [6.07, 6.45) is 1.46. The molecule has 4 rings (SSSR count). The van der Waals surface area contributed by atoms with Gasteiger partial charge in [0, 0.05) is 30.0 Å². The normalized spacial score (nSPS) is 10.6. The highest BCUT2D eigenvalue weighted by Crippen LogP contribution is 2.29. The molecule has 166 valence electrons. The molecule has 0 saturated carbocycles. The maximum Gasteiger partial charge on any atom is 0.269 e. The van der Waals surface area contributed by atoms with Crippen molar-refractivity contribution in [2.24, 2.45) is 0 Å². The van der Waals surface area contributed by atoms with Crippen LogP contribution in [0, 0.1) is 5.82 Å². The fraction of sp³-hybridized carbons (Fsp3) is 0.0435. The molecule has 0 bridgehead atoms. The van der Waals surface area contributed by atoms with Crippen molar-refractivity contribution in [1.29, 1.82) is 0 Å². The Bertz CT molecular complexity index is 1420. The molecule has 0 aliphatic heterocycles. The summed E-state index contributed by atoms with van der Waals surface area (Å²) in [5, 5.41) is 8.25. The van der Waals surface area contributed by atoms with Crippen molar-refractivity contribution in [1.82, 2.24) is 10.3 Å². The highest BCUT2D eigenvalue weighted by Gasteiger charge is 2.22. The third kappa shape index (κ3) is 4.68. The Kier molecular flexibility index (Phi) is 6.05. The van der Waals surface area contributed by atoms with Crippen LogP contribution in [0.15, 0.2) is 70.4 Å². The van der Waals surface area contributed by atoms with Crippen molar-refractivity contribution in [3.8, 4) is 11.5 Å². The van der Waals surface area contributed by atoms with Gasteiger partial charge in [-0.3, -0.25) is 19.4 Å². The van der Waals surface area contributed by atoms with E-state index in [1.807, 2.05) is 0 Å². The average Bonchev–Trinajstić information content (AvgIpc) is 2.83. The highest BCUT2D eigenvalue weighted by molar-refractivity contribution is 6.30. The smallest absolute Gasteiger partial charge is 0.269 e. The molecule has 10 heteroatoms. The zero-order valence-electron chi connectivity index (χ0n) is 17.1. The summed E-state index contributed by atoms with van der Waals surface area (Å²) in [6.45, 7) is 0. The van der Waals surface area contributed by atoms with Crippen molar-refractivity contribution >= 4 is 40.3 Å². The fourth-order valence-corrected chi connectivity index (χ4v) is 3.14. The number of hydrogen-bond acceptors (Lipinski definition) is 7. The van der Waals surface area contributed by atoms with Crippen LogP contribution in [-0.2, 0) is 0 Å². The highest BCUT2D eigenvalue weighted by atomic mass is 35.5. The lowest BCUT2D eigenvalue weighted by Crippen LogP contribution is -2.35. The van der Waals surface area contributed by atoms with Gasteiger partial charge in [0.1, 0.15) is 34.4 Å². The molecule has 0 unspecified atom stereocenters. The third-order valence-electron chi connectivity index (χ3n) is 4.65. The van der Waals surface area contributed by atoms with Gasteiger partial charge in [-0.2, -0.15) is 0 Å². The topological polar surface area (TPSA) is 109 Å². The summed E-state index contributed by atoms with van der Waals surface area (Å²) < 4.78 is 19.7. The molecule has 0 aliphatic rings.